The Labute approximate surface area is 332 Å². The number of allylic oxidation sites excluding steroid dienone is 2. The molecule has 3 heterocycles. The summed E-state index contributed by atoms with van der Waals surface area (Å²) < 4.78 is 24.2. The van der Waals surface area contributed by atoms with Crippen molar-refractivity contribution in [1.29, 1.82) is 5.41 Å². The van der Waals surface area contributed by atoms with Crippen LogP contribution in [-0.2, 0) is 23.8 Å². The van der Waals surface area contributed by atoms with Crippen LogP contribution in [-0.4, -0.2) is 81.0 Å². The molecular weight excluding hydrogens is 732 g/mol. The van der Waals surface area contributed by atoms with E-state index in [1.165, 1.54) is 20.3 Å². The van der Waals surface area contributed by atoms with E-state index >= 15 is 0 Å². The molecule has 1 amide bonds. The lowest BCUT2D eigenvalue weighted by atomic mass is 9.78. The number of nitrogens with zero attached hydrogens (tertiary/aromatic N) is 2. The highest BCUT2D eigenvalue weighted by Gasteiger charge is 2.47. The topological polar surface area (TPSA) is 213 Å². The summed E-state index contributed by atoms with van der Waals surface area (Å²) in [5.41, 5.74) is -0.170. The van der Waals surface area contributed by atoms with Crippen molar-refractivity contribution in [3.63, 3.8) is 0 Å². The van der Waals surface area contributed by atoms with Gasteiger partial charge in [0.25, 0.3) is 11.7 Å². The second-order valence-electron chi connectivity index (χ2n) is 16.4. The third-order valence-corrected chi connectivity index (χ3v) is 12.3. The number of hydrogen-bond donors (Lipinski definition) is 6. The molecule has 57 heavy (non-hydrogen) atoms. The number of ether oxygens (including phenoxy) is 4. The lowest BCUT2D eigenvalue weighted by molar-refractivity contribution is -0.160. The number of rotatable bonds is 2. The van der Waals surface area contributed by atoms with Gasteiger partial charge in [0, 0.05) is 61.2 Å². The fourth-order valence-electron chi connectivity index (χ4n) is 8.74. The zero-order valence-corrected chi connectivity index (χ0v) is 34.2. The number of anilines is 1. The molecule has 0 saturated heterocycles. The molecule has 9 atom stereocenters. The van der Waals surface area contributed by atoms with Crippen molar-refractivity contribution in [1.82, 2.24) is 0 Å². The van der Waals surface area contributed by atoms with Crippen LogP contribution < -0.4 is 20.8 Å². The molecule has 0 unspecified atom stereocenters. The van der Waals surface area contributed by atoms with Gasteiger partial charge in [-0.1, -0.05) is 52.3 Å². The maximum Gasteiger partial charge on any atom is 0.302 e. The van der Waals surface area contributed by atoms with Gasteiger partial charge >= 0.3 is 5.97 Å². The van der Waals surface area contributed by atoms with Crippen molar-refractivity contribution in [3.8, 4) is 17.2 Å². The van der Waals surface area contributed by atoms with Gasteiger partial charge in [0.2, 0.25) is 0 Å². The summed E-state index contributed by atoms with van der Waals surface area (Å²) in [6.45, 7) is 13.1. The van der Waals surface area contributed by atoms with Gasteiger partial charge in [-0.05, 0) is 45.6 Å². The summed E-state index contributed by atoms with van der Waals surface area (Å²) in [4.78, 5) is 36.4. The molecule has 14 heteroatoms. The second-order valence-corrected chi connectivity index (χ2v) is 16.4. The lowest BCUT2D eigenvalue weighted by Crippen LogP contribution is -2.46. The fraction of sp³-hybridized carbons (Fsp3) is 0.558. The lowest BCUT2D eigenvalue weighted by Gasteiger charge is -2.38. The first-order valence-corrected chi connectivity index (χ1v) is 19.8. The molecule has 1 aliphatic carbocycles. The highest BCUT2D eigenvalue weighted by molar-refractivity contribution is 6.20. The molecule has 2 aromatic rings. The number of benzene rings is 2. The van der Waals surface area contributed by atoms with Crippen LogP contribution in [0.4, 0.5) is 5.69 Å². The van der Waals surface area contributed by atoms with Gasteiger partial charge in [-0.3, -0.25) is 25.0 Å². The number of methoxy groups -OCH3 is 1. The van der Waals surface area contributed by atoms with Gasteiger partial charge in [-0.15, -0.1) is 0 Å². The van der Waals surface area contributed by atoms with Crippen LogP contribution in [0.5, 0.6) is 17.2 Å². The van der Waals surface area contributed by atoms with E-state index in [2.05, 4.69) is 5.32 Å². The molecular formula is C43H56N4O10. The molecule has 308 valence electrons. The molecule has 0 radical (unpaired) electrons. The molecule has 6 rings (SSSR count). The van der Waals surface area contributed by atoms with Crippen molar-refractivity contribution in [2.75, 3.05) is 12.4 Å². The number of esters is 1. The predicted octanol–water partition coefficient (Wildman–Crippen LogP) is 5.15. The average molecular weight is 789 g/mol. The minimum absolute atomic E-state index is 0.00516. The molecule has 1 fully saturated rings. The molecule has 14 nitrogen and oxygen atoms in total. The molecule has 4 bridgehead atoms. The maximum absolute atomic E-state index is 13.8. The Bertz CT molecular complexity index is 2190. The van der Waals surface area contributed by atoms with Crippen molar-refractivity contribution < 1.29 is 49.0 Å². The van der Waals surface area contributed by atoms with Crippen LogP contribution >= 0.6 is 0 Å². The van der Waals surface area contributed by atoms with Gasteiger partial charge in [-0.2, -0.15) is 0 Å². The van der Waals surface area contributed by atoms with Crippen LogP contribution in [0.25, 0.3) is 10.8 Å². The molecule has 6 N–H and O–H groups in total. The Hall–Kier alpha value is -4.79. The van der Waals surface area contributed by atoms with E-state index in [0.29, 0.717) is 18.2 Å². The normalized spacial score (nSPS) is 33.6. The van der Waals surface area contributed by atoms with Gasteiger partial charge in [0.1, 0.15) is 34.4 Å². The fourth-order valence-corrected chi connectivity index (χ4v) is 8.74. The van der Waals surface area contributed by atoms with E-state index in [9.17, 15) is 35.4 Å². The molecule has 0 aromatic heterocycles. The number of hydrogen-bond acceptors (Lipinski definition) is 13. The summed E-state index contributed by atoms with van der Waals surface area (Å²) in [5, 5.41) is 59.8. The van der Waals surface area contributed by atoms with E-state index in [4.69, 9.17) is 28.9 Å². The second kappa shape index (κ2) is 15.9. The standard InChI is InChI=1S/C43H56N4O10/c1-20-14-13-15-21(2)41(53)45-33-32-31(46-43(47-32)17-11-10-12-18-43)28-29(37(33)52)36(51)25(6)39-30(28)40(44)42(8,57-39)55-19-16-27(54-9)22(3)38(56-26(7)48)24(5)35(50)23(4)34(20)49/h13-16,19-20,22-24,27,34-35,38,44,49-52H,10-12,17-18H2,1-9H3,(H,45,53)/b14-13+,19-16+,21-15-,44-40?/t20-,22+,23+,24+,27-,34-,35+,38+,42-/m0/s1. The highest BCUT2D eigenvalue weighted by Crippen LogP contribution is 2.50. The number of nitrogens with one attached hydrogen (secondary N) is 2. The van der Waals surface area contributed by atoms with Crippen molar-refractivity contribution in [3.05, 3.63) is 58.0 Å². The van der Waals surface area contributed by atoms with Crippen LogP contribution in [0.15, 0.2) is 46.1 Å². The van der Waals surface area contributed by atoms with Gasteiger partial charge in [-0.25, -0.2) is 0 Å². The average Bonchev–Trinajstić information content (AvgIpc) is 3.67. The van der Waals surface area contributed by atoms with Crippen LogP contribution in [0.3, 0.4) is 0 Å². The van der Waals surface area contributed by atoms with Gasteiger partial charge in [0.15, 0.2) is 11.4 Å². The summed E-state index contributed by atoms with van der Waals surface area (Å²) in [7, 11) is 1.49. The van der Waals surface area contributed by atoms with E-state index in [1.54, 1.807) is 65.8 Å². The van der Waals surface area contributed by atoms with E-state index in [1.807, 2.05) is 6.92 Å². The zero-order valence-electron chi connectivity index (χ0n) is 34.2. The minimum Gasteiger partial charge on any atom is -0.507 e. The first-order chi connectivity index (χ1) is 26.9. The number of aromatic hydroxyl groups is 2. The summed E-state index contributed by atoms with van der Waals surface area (Å²) in [6, 6.07) is 0. The van der Waals surface area contributed by atoms with Crippen LogP contribution in [0.2, 0.25) is 0 Å². The number of aliphatic hydroxyl groups is 2. The largest absolute Gasteiger partial charge is 0.507 e. The Morgan fingerprint density at radius 1 is 0.947 bits per heavy atom. The number of aliphatic hydroxyl groups excluding tert-OH is 2. The van der Waals surface area contributed by atoms with E-state index in [-0.39, 0.29) is 55.7 Å². The number of carbonyl (C=O) groups excluding carboxylic acids is 2. The van der Waals surface area contributed by atoms with E-state index < -0.39 is 77.2 Å². The number of carbonyl (C=O) groups is 2. The molecule has 1 saturated carbocycles. The maximum atomic E-state index is 13.8. The van der Waals surface area contributed by atoms with Gasteiger partial charge in [0.05, 0.1) is 40.9 Å². The third kappa shape index (κ3) is 7.43. The first-order valence-electron chi connectivity index (χ1n) is 19.8. The van der Waals surface area contributed by atoms with Crippen molar-refractivity contribution >= 4 is 34.0 Å². The smallest absolute Gasteiger partial charge is 0.302 e. The number of amides is 1. The van der Waals surface area contributed by atoms with Gasteiger partial charge < -0.3 is 44.7 Å². The van der Waals surface area contributed by atoms with Crippen LogP contribution in [0, 0.1) is 36.0 Å². The monoisotopic (exact) mass is 788 g/mol. The Morgan fingerprint density at radius 2 is 1.61 bits per heavy atom. The zero-order chi connectivity index (χ0) is 41.7. The summed E-state index contributed by atoms with van der Waals surface area (Å²) >= 11 is 0. The Kier molecular flexibility index (Phi) is 11.6. The number of phenols is 2. The SMILES string of the molecule is CO[C@H]1/C=C/O[C@@]2(C)Oc3c(C)c(O)c4c(O)c(c5c(c4c3C2=N)=NC2(CCCCC2)N=5)NC(=O)/C(C)=C\C=C\[C@H](C)[C@H](O)[C@@H](C)[C@@H](O)[C@@H](C)[C@H](OC(C)=O)[C@@H]1C. The quantitative estimate of drug-likeness (QED) is 0.174. The number of phenolic OH excluding ortho intramolecular Hbond substituents is 2. The summed E-state index contributed by atoms with van der Waals surface area (Å²) in [6.07, 6.45) is 8.32. The molecule has 2 aromatic carbocycles. The highest BCUT2D eigenvalue weighted by atomic mass is 16.7. The van der Waals surface area contributed by atoms with Crippen molar-refractivity contribution in [2.45, 2.75) is 123 Å². The third-order valence-electron chi connectivity index (χ3n) is 12.3. The number of fused-ring (bicyclic) bond motifs is 1. The van der Waals surface area contributed by atoms with Crippen molar-refractivity contribution in [2.24, 2.45) is 33.7 Å². The summed E-state index contributed by atoms with van der Waals surface area (Å²) in [5.74, 6) is -5.64. The molecule has 3 aliphatic heterocycles. The van der Waals surface area contributed by atoms with Crippen LogP contribution in [0.1, 0.15) is 91.7 Å². The molecule has 1 spiro atoms. The minimum atomic E-state index is -1.72. The predicted molar refractivity (Wildman–Crippen MR) is 213 cm³/mol. The Morgan fingerprint density at radius 3 is 2.26 bits per heavy atom. The molecule has 4 aliphatic rings. The van der Waals surface area contributed by atoms with E-state index in [0.717, 1.165) is 19.3 Å². The first kappa shape index (κ1) is 41.8. The Balaban J connectivity index is 1.55.